The van der Waals surface area contributed by atoms with Crippen LogP contribution in [0, 0.1) is 11.8 Å². The molecule has 1 atom stereocenters. The molecule has 0 heterocycles. The van der Waals surface area contributed by atoms with Gasteiger partial charge in [0.05, 0.1) is 6.61 Å². The van der Waals surface area contributed by atoms with Gasteiger partial charge in [-0.05, 0) is 38.1 Å². The van der Waals surface area contributed by atoms with Gasteiger partial charge < -0.3 is 10.5 Å². The highest BCUT2D eigenvalue weighted by atomic mass is 16.5. The molecular weight excluding hydrogens is 200 g/mol. The minimum atomic E-state index is 0.504. The molecule has 0 saturated heterocycles. The molecule has 1 aliphatic rings. The first-order valence-corrected chi connectivity index (χ1v) is 6.61. The molecule has 3 heteroatoms. The quantitative estimate of drug-likeness (QED) is 0.611. The second-order valence-electron chi connectivity index (χ2n) is 5.52. The molecule has 0 aromatic heterocycles. The van der Waals surface area contributed by atoms with Crippen molar-refractivity contribution in [1.82, 2.24) is 4.90 Å². The third kappa shape index (κ3) is 5.83. The zero-order valence-corrected chi connectivity index (χ0v) is 11.1. The monoisotopic (exact) mass is 228 g/mol. The largest absolute Gasteiger partial charge is 0.380 e. The highest BCUT2D eigenvalue weighted by molar-refractivity contribution is 4.73. The minimum Gasteiger partial charge on any atom is -0.380 e. The molecule has 0 bridgehead atoms. The van der Waals surface area contributed by atoms with Crippen molar-refractivity contribution in [2.45, 2.75) is 39.2 Å². The summed E-state index contributed by atoms with van der Waals surface area (Å²) in [5.41, 5.74) is 5.80. The Kier molecular flexibility index (Phi) is 6.32. The van der Waals surface area contributed by atoms with Gasteiger partial charge in [-0.1, -0.05) is 13.8 Å². The van der Waals surface area contributed by atoms with Crippen molar-refractivity contribution in [2.75, 3.05) is 33.4 Å². The summed E-state index contributed by atoms with van der Waals surface area (Å²) in [5.74, 6) is 1.58. The molecule has 1 aliphatic carbocycles. The van der Waals surface area contributed by atoms with Gasteiger partial charge in [-0.15, -0.1) is 0 Å². The zero-order valence-electron chi connectivity index (χ0n) is 11.1. The van der Waals surface area contributed by atoms with E-state index in [4.69, 9.17) is 10.5 Å². The van der Waals surface area contributed by atoms with Gasteiger partial charge in [0.2, 0.25) is 0 Å². The molecule has 96 valence electrons. The normalized spacial score (nSPS) is 18.4. The average molecular weight is 228 g/mol. The highest BCUT2D eigenvalue weighted by Gasteiger charge is 2.21. The Morgan fingerprint density at radius 3 is 2.56 bits per heavy atom. The van der Waals surface area contributed by atoms with E-state index < -0.39 is 0 Å². The lowest BCUT2D eigenvalue weighted by atomic mass is 10.0. The SMILES string of the molecule is CC(C)CC(CN)N(C)CCOCC1CC1. The van der Waals surface area contributed by atoms with E-state index in [2.05, 4.69) is 25.8 Å². The molecule has 0 aromatic carbocycles. The molecule has 0 aromatic rings. The molecule has 2 N–H and O–H groups in total. The van der Waals surface area contributed by atoms with Gasteiger partial charge in [0, 0.05) is 25.7 Å². The Morgan fingerprint density at radius 2 is 2.06 bits per heavy atom. The molecule has 1 fully saturated rings. The van der Waals surface area contributed by atoms with Gasteiger partial charge in [-0.2, -0.15) is 0 Å². The van der Waals surface area contributed by atoms with Crippen LogP contribution in [0.2, 0.25) is 0 Å². The maximum Gasteiger partial charge on any atom is 0.0593 e. The summed E-state index contributed by atoms with van der Waals surface area (Å²) in [7, 11) is 2.15. The second kappa shape index (κ2) is 7.25. The minimum absolute atomic E-state index is 0.504. The Bertz CT molecular complexity index is 181. The van der Waals surface area contributed by atoms with Gasteiger partial charge in [0.25, 0.3) is 0 Å². The fourth-order valence-corrected chi connectivity index (χ4v) is 1.93. The van der Waals surface area contributed by atoms with Crippen LogP contribution < -0.4 is 5.73 Å². The number of hydrogen-bond acceptors (Lipinski definition) is 3. The van der Waals surface area contributed by atoms with Crippen LogP contribution in [0.5, 0.6) is 0 Å². The van der Waals surface area contributed by atoms with Crippen LogP contribution in [0.4, 0.5) is 0 Å². The maximum absolute atomic E-state index is 5.80. The molecule has 3 nitrogen and oxygen atoms in total. The van der Waals surface area contributed by atoms with E-state index in [-0.39, 0.29) is 0 Å². The fraction of sp³-hybridized carbons (Fsp3) is 1.00. The molecule has 0 aliphatic heterocycles. The third-order valence-electron chi connectivity index (χ3n) is 3.28. The number of hydrogen-bond donors (Lipinski definition) is 1. The number of nitrogens with two attached hydrogens (primary N) is 1. The predicted molar refractivity (Wildman–Crippen MR) is 68.5 cm³/mol. The summed E-state index contributed by atoms with van der Waals surface area (Å²) in [6, 6.07) is 0.504. The summed E-state index contributed by atoms with van der Waals surface area (Å²) >= 11 is 0. The van der Waals surface area contributed by atoms with E-state index in [0.717, 1.165) is 32.2 Å². The number of likely N-dealkylation sites (N-methyl/N-ethyl adjacent to an activating group) is 1. The molecule has 0 radical (unpaired) electrons. The van der Waals surface area contributed by atoms with Crippen LogP contribution >= 0.6 is 0 Å². The van der Waals surface area contributed by atoms with Gasteiger partial charge in [-0.3, -0.25) is 4.90 Å². The van der Waals surface area contributed by atoms with E-state index in [0.29, 0.717) is 12.0 Å². The van der Waals surface area contributed by atoms with Crippen molar-refractivity contribution in [3.05, 3.63) is 0 Å². The molecular formula is C13H28N2O. The van der Waals surface area contributed by atoms with Crippen molar-refractivity contribution >= 4 is 0 Å². The Labute approximate surface area is 100 Å². The Morgan fingerprint density at radius 1 is 1.38 bits per heavy atom. The van der Waals surface area contributed by atoms with E-state index in [1.54, 1.807) is 0 Å². The van der Waals surface area contributed by atoms with Crippen molar-refractivity contribution in [3.8, 4) is 0 Å². The van der Waals surface area contributed by atoms with Crippen molar-refractivity contribution in [3.63, 3.8) is 0 Å². The lowest BCUT2D eigenvalue weighted by Crippen LogP contribution is -2.40. The Hall–Kier alpha value is -0.120. The molecule has 1 saturated carbocycles. The second-order valence-corrected chi connectivity index (χ2v) is 5.52. The number of rotatable bonds is 9. The first-order chi connectivity index (χ1) is 7.63. The molecule has 16 heavy (non-hydrogen) atoms. The van der Waals surface area contributed by atoms with Crippen molar-refractivity contribution < 1.29 is 4.74 Å². The highest BCUT2D eigenvalue weighted by Crippen LogP contribution is 2.28. The first kappa shape index (κ1) is 13.9. The topological polar surface area (TPSA) is 38.5 Å². The van der Waals surface area contributed by atoms with Gasteiger partial charge >= 0.3 is 0 Å². The van der Waals surface area contributed by atoms with Crippen LogP contribution in [0.25, 0.3) is 0 Å². The van der Waals surface area contributed by atoms with E-state index >= 15 is 0 Å². The summed E-state index contributed by atoms with van der Waals surface area (Å²) in [6.07, 6.45) is 3.92. The number of nitrogens with zero attached hydrogens (tertiary/aromatic N) is 1. The average Bonchev–Trinajstić information content (AvgIpc) is 3.04. The van der Waals surface area contributed by atoms with Gasteiger partial charge in [0.1, 0.15) is 0 Å². The van der Waals surface area contributed by atoms with Crippen LogP contribution in [0.1, 0.15) is 33.1 Å². The molecule has 0 amide bonds. The van der Waals surface area contributed by atoms with Gasteiger partial charge in [-0.25, -0.2) is 0 Å². The van der Waals surface area contributed by atoms with Crippen LogP contribution in [0.3, 0.4) is 0 Å². The summed E-state index contributed by atoms with van der Waals surface area (Å²) in [5, 5.41) is 0. The summed E-state index contributed by atoms with van der Waals surface area (Å²) in [4.78, 5) is 2.34. The molecule has 0 spiro atoms. The van der Waals surface area contributed by atoms with E-state index in [9.17, 15) is 0 Å². The summed E-state index contributed by atoms with van der Waals surface area (Å²) in [6.45, 7) is 8.06. The predicted octanol–water partition coefficient (Wildman–Crippen LogP) is 1.72. The van der Waals surface area contributed by atoms with Crippen molar-refractivity contribution in [2.24, 2.45) is 17.6 Å². The lowest BCUT2D eigenvalue weighted by Gasteiger charge is -2.28. The standard InChI is InChI=1S/C13H28N2O/c1-11(2)8-13(9-14)15(3)6-7-16-10-12-4-5-12/h11-13H,4-10,14H2,1-3H3. The van der Waals surface area contributed by atoms with Gasteiger partial charge in [0.15, 0.2) is 0 Å². The smallest absolute Gasteiger partial charge is 0.0593 e. The maximum atomic E-state index is 5.80. The lowest BCUT2D eigenvalue weighted by molar-refractivity contribution is 0.0887. The molecule has 1 unspecified atom stereocenters. The van der Waals surface area contributed by atoms with Crippen molar-refractivity contribution in [1.29, 1.82) is 0 Å². The van der Waals surface area contributed by atoms with E-state index in [1.807, 2.05) is 0 Å². The van der Waals surface area contributed by atoms with Crippen LogP contribution in [-0.4, -0.2) is 44.3 Å². The Balaban J connectivity index is 2.07. The molecule has 1 rings (SSSR count). The number of ether oxygens (including phenoxy) is 1. The van der Waals surface area contributed by atoms with E-state index in [1.165, 1.54) is 19.3 Å². The zero-order chi connectivity index (χ0) is 12.0. The van der Waals surface area contributed by atoms with Crippen LogP contribution in [0.15, 0.2) is 0 Å². The summed E-state index contributed by atoms with van der Waals surface area (Å²) < 4.78 is 5.65. The first-order valence-electron chi connectivity index (χ1n) is 6.61. The fourth-order valence-electron chi connectivity index (χ4n) is 1.93. The van der Waals surface area contributed by atoms with Crippen LogP contribution in [-0.2, 0) is 4.74 Å². The third-order valence-corrected chi connectivity index (χ3v) is 3.28.